The van der Waals surface area contributed by atoms with Gasteiger partial charge in [0.05, 0.1) is 13.7 Å². The second-order valence-electron chi connectivity index (χ2n) is 3.78. The SMILES string of the molecule is COCCNC(=O)COc1c(CN)cccc1OC. The van der Waals surface area contributed by atoms with Crippen LogP contribution in [0, 0.1) is 0 Å². The van der Waals surface area contributed by atoms with Gasteiger partial charge >= 0.3 is 0 Å². The number of carbonyl (C=O) groups excluding carboxylic acids is 1. The number of carbonyl (C=O) groups is 1. The van der Waals surface area contributed by atoms with E-state index in [4.69, 9.17) is 19.9 Å². The van der Waals surface area contributed by atoms with Crippen LogP contribution < -0.4 is 20.5 Å². The number of hydrogen-bond acceptors (Lipinski definition) is 5. The van der Waals surface area contributed by atoms with Crippen molar-refractivity contribution in [3.05, 3.63) is 23.8 Å². The first kappa shape index (κ1) is 15.3. The van der Waals surface area contributed by atoms with E-state index in [2.05, 4.69) is 5.32 Å². The first-order chi connectivity index (χ1) is 9.22. The van der Waals surface area contributed by atoms with E-state index >= 15 is 0 Å². The minimum Gasteiger partial charge on any atom is -0.493 e. The average Bonchev–Trinajstić information content (AvgIpc) is 2.44. The Balaban J connectivity index is 2.58. The van der Waals surface area contributed by atoms with Crippen LogP contribution in [0.2, 0.25) is 0 Å². The molecular weight excluding hydrogens is 248 g/mol. The summed E-state index contributed by atoms with van der Waals surface area (Å²) in [6.45, 7) is 1.15. The molecule has 19 heavy (non-hydrogen) atoms. The number of rotatable bonds is 8. The first-order valence-electron chi connectivity index (χ1n) is 5.97. The first-order valence-corrected chi connectivity index (χ1v) is 5.97. The summed E-state index contributed by atoms with van der Waals surface area (Å²) < 4.78 is 15.5. The van der Waals surface area contributed by atoms with E-state index in [1.54, 1.807) is 20.3 Å². The molecule has 1 aromatic rings. The van der Waals surface area contributed by atoms with Gasteiger partial charge in [0.1, 0.15) is 0 Å². The Morgan fingerprint density at radius 1 is 1.37 bits per heavy atom. The van der Waals surface area contributed by atoms with Crippen molar-refractivity contribution in [1.29, 1.82) is 0 Å². The van der Waals surface area contributed by atoms with Crippen molar-refractivity contribution in [2.75, 3.05) is 34.0 Å². The second kappa shape index (κ2) is 8.34. The summed E-state index contributed by atoms with van der Waals surface area (Å²) in [5.74, 6) is 0.855. The van der Waals surface area contributed by atoms with Gasteiger partial charge in [-0.1, -0.05) is 12.1 Å². The van der Waals surface area contributed by atoms with Gasteiger partial charge in [-0.3, -0.25) is 4.79 Å². The lowest BCUT2D eigenvalue weighted by atomic mass is 10.2. The minimum absolute atomic E-state index is 0.0862. The zero-order chi connectivity index (χ0) is 14.1. The molecule has 1 rings (SSSR count). The maximum atomic E-state index is 11.5. The quantitative estimate of drug-likeness (QED) is 0.662. The van der Waals surface area contributed by atoms with E-state index in [1.807, 2.05) is 12.1 Å². The summed E-state index contributed by atoms with van der Waals surface area (Å²) in [7, 11) is 3.12. The summed E-state index contributed by atoms with van der Waals surface area (Å²) in [6.07, 6.45) is 0. The van der Waals surface area contributed by atoms with Gasteiger partial charge in [-0.25, -0.2) is 0 Å². The lowest BCUT2D eigenvalue weighted by Gasteiger charge is -2.14. The molecule has 106 valence electrons. The minimum atomic E-state index is -0.217. The highest BCUT2D eigenvalue weighted by Crippen LogP contribution is 2.30. The highest BCUT2D eigenvalue weighted by atomic mass is 16.5. The fourth-order valence-electron chi connectivity index (χ4n) is 1.53. The number of nitrogens with two attached hydrogens (primary N) is 1. The Kier molecular flexibility index (Phi) is 6.70. The van der Waals surface area contributed by atoms with Crippen molar-refractivity contribution in [1.82, 2.24) is 5.32 Å². The Morgan fingerprint density at radius 3 is 2.79 bits per heavy atom. The monoisotopic (exact) mass is 268 g/mol. The van der Waals surface area contributed by atoms with Crippen molar-refractivity contribution < 1.29 is 19.0 Å². The molecule has 0 fully saturated rings. The summed E-state index contributed by atoms with van der Waals surface area (Å²) in [6, 6.07) is 5.42. The topological polar surface area (TPSA) is 82.8 Å². The molecule has 0 atom stereocenters. The third-order valence-corrected chi connectivity index (χ3v) is 2.48. The van der Waals surface area contributed by atoms with E-state index < -0.39 is 0 Å². The Morgan fingerprint density at radius 2 is 2.16 bits per heavy atom. The molecule has 0 aliphatic heterocycles. The lowest BCUT2D eigenvalue weighted by molar-refractivity contribution is -0.123. The van der Waals surface area contributed by atoms with Crippen molar-refractivity contribution in [3.63, 3.8) is 0 Å². The van der Waals surface area contributed by atoms with Gasteiger partial charge in [0, 0.05) is 25.8 Å². The zero-order valence-electron chi connectivity index (χ0n) is 11.3. The van der Waals surface area contributed by atoms with Gasteiger partial charge in [0.15, 0.2) is 18.1 Å². The van der Waals surface area contributed by atoms with Gasteiger partial charge in [0.2, 0.25) is 0 Å². The predicted octanol–water partition coefficient (Wildman–Crippen LogP) is 0.295. The van der Waals surface area contributed by atoms with Crippen LogP contribution in [0.25, 0.3) is 0 Å². The number of ether oxygens (including phenoxy) is 3. The third kappa shape index (κ3) is 4.76. The maximum Gasteiger partial charge on any atom is 0.258 e. The van der Waals surface area contributed by atoms with E-state index in [1.165, 1.54) is 0 Å². The fourth-order valence-corrected chi connectivity index (χ4v) is 1.53. The molecule has 6 nitrogen and oxygen atoms in total. The van der Waals surface area contributed by atoms with Crippen molar-refractivity contribution in [2.45, 2.75) is 6.54 Å². The number of nitrogens with one attached hydrogen (secondary N) is 1. The molecule has 0 saturated heterocycles. The van der Waals surface area contributed by atoms with E-state index in [9.17, 15) is 4.79 Å². The third-order valence-electron chi connectivity index (χ3n) is 2.48. The molecule has 6 heteroatoms. The molecule has 0 aliphatic carbocycles. The molecule has 0 aliphatic rings. The molecule has 3 N–H and O–H groups in total. The summed E-state index contributed by atoms with van der Waals surface area (Å²) in [5, 5.41) is 2.67. The fraction of sp³-hybridized carbons (Fsp3) is 0.462. The molecule has 0 aromatic heterocycles. The van der Waals surface area contributed by atoms with E-state index in [0.717, 1.165) is 5.56 Å². The van der Waals surface area contributed by atoms with Crippen LogP contribution in [0.1, 0.15) is 5.56 Å². The van der Waals surface area contributed by atoms with Gasteiger partial charge in [-0.2, -0.15) is 0 Å². The van der Waals surface area contributed by atoms with Gasteiger partial charge in [0.25, 0.3) is 5.91 Å². The van der Waals surface area contributed by atoms with Gasteiger partial charge in [-0.05, 0) is 6.07 Å². The Hall–Kier alpha value is -1.79. The van der Waals surface area contributed by atoms with Crippen LogP contribution in [-0.2, 0) is 16.1 Å². The molecule has 1 aromatic carbocycles. The molecule has 0 heterocycles. The maximum absolute atomic E-state index is 11.5. The molecule has 0 unspecified atom stereocenters. The number of para-hydroxylation sites is 1. The largest absolute Gasteiger partial charge is 0.493 e. The Labute approximate surface area is 112 Å². The number of amides is 1. The lowest BCUT2D eigenvalue weighted by Crippen LogP contribution is -2.31. The highest BCUT2D eigenvalue weighted by molar-refractivity contribution is 5.77. The summed E-state index contributed by atoms with van der Waals surface area (Å²) in [5.41, 5.74) is 6.42. The van der Waals surface area contributed by atoms with Crippen LogP contribution in [0.15, 0.2) is 18.2 Å². The molecule has 0 bridgehead atoms. The molecular formula is C13H20N2O4. The number of benzene rings is 1. The van der Waals surface area contributed by atoms with E-state index in [-0.39, 0.29) is 12.5 Å². The van der Waals surface area contributed by atoms with Crippen LogP contribution in [0.3, 0.4) is 0 Å². The zero-order valence-corrected chi connectivity index (χ0v) is 11.3. The van der Waals surface area contributed by atoms with E-state index in [0.29, 0.717) is 31.2 Å². The normalized spacial score (nSPS) is 10.1. The number of methoxy groups -OCH3 is 2. The van der Waals surface area contributed by atoms with Crippen molar-refractivity contribution in [2.24, 2.45) is 5.73 Å². The van der Waals surface area contributed by atoms with Gasteiger partial charge in [-0.15, -0.1) is 0 Å². The second-order valence-corrected chi connectivity index (χ2v) is 3.78. The average molecular weight is 268 g/mol. The molecule has 0 spiro atoms. The molecule has 0 saturated carbocycles. The van der Waals surface area contributed by atoms with Crippen LogP contribution in [0.5, 0.6) is 11.5 Å². The van der Waals surface area contributed by atoms with Crippen molar-refractivity contribution >= 4 is 5.91 Å². The predicted molar refractivity (Wildman–Crippen MR) is 71.3 cm³/mol. The summed E-state index contributed by atoms with van der Waals surface area (Å²) in [4.78, 5) is 11.5. The Bertz CT molecular complexity index is 387. The van der Waals surface area contributed by atoms with Crippen LogP contribution in [0.4, 0.5) is 0 Å². The molecule has 0 radical (unpaired) electrons. The number of hydrogen-bond donors (Lipinski definition) is 2. The van der Waals surface area contributed by atoms with Crippen LogP contribution in [-0.4, -0.2) is 39.9 Å². The smallest absolute Gasteiger partial charge is 0.258 e. The van der Waals surface area contributed by atoms with Crippen molar-refractivity contribution in [3.8, 4) is 11.5 Å². The molecule has 1 amide bonds. The van der Waals surface area contributed by atoms with Crippen LogP contribution >= 0.6 is 0 Å². The highest BCUT2D eigenvalue weighted by Gasteiger charge is 2.11. The van der Waals surface area contributed by atoms with Gasteiger partial charge < -0.3 is 25.3 Å². The standard InChI is InChI=1S/C13H20N2O4/c1-17-7-6-15-12(16)9-19-13-10(8-14)4-3-5-11(13)18-2/h3-5H,6-9,14H2,1-2H3,(H,15,16). The summed E-state index contributed by atoms with van der Waals surface area (Å²) >= 11 is 0.